The summed E-state index contributed by atoms with van der Waals surface area (Å²) in [6.07, 6.45) is 3.25. The van der Waals surface area contributed by atoms with E-state index in [9.17, 15) is 4.79 Å². The van der Waals surface area contributed by atoms with Crippen molar-refractivity contribution >= 4 is 6.29 Å². The van der Waals surface area contributed by atoms with Crippen molar-refractivity contribution in [1.29, 1.82) is 0 Å². The van der Waals surface area contributed by atoms with E-state index in [-0.39, 0.29) is 6.04 Å². The Kier molecular flexibility index (Phi) is 5.99. The van der Waals surface area contributed by atoms with Gasteiger partial charge < -0.3 is 4.79 Å². The van der Waals surface area contributed by atoms with Crippen LogP contribution in [0.25, 0.3) is 0 Å². The number of hydrogen-bond donors (Lipinski definition) is 0. The summed E-state index contributed by atoms with van der Waals surface area (Å²) in [5, 5.41) is 0. The van der Waals surface area contributed by atoms with Gasteiger partial charge in [0.1, 0.15) is 6.29 Å². The van der Waals surface area contributed by atoms with Crippen LogP contribution >= 0.6 is 0 Å². The van der Waals surface area contributed by atoms with Gasteiger partial charge in [-0.05, 0) is 33.2 Å². The molecule has 0 heterocycles. The molecular weight excluding hydrogens is 150 g/mol. The largest absolute Gasteiger partial charge is 0.302 e. The van der Waals surface area contributed by atoms with Gasteiger partial charge in [-0.25, -0.2) is 0 Å². The average Bonchev–Trinajstić information content (AvgIpc) is 2.11. The van der Waals surface area contributed by atoms with Gasteiger partial charge in [-0.1, -0.05) is 13.8 Å². The van der Waals surface area contributed by atoms with Crippen LogP contribution in [0.4, 0.5) is 0 Å². The van der Waals surface area contributed by atoms with Crippen molar-refractivity contribution in [2.45, 2.75) is 52.6 Å². The summed E-state index contributed by atoms with van der Waals surface area (Å²) in [6.45, 7) is 9.47. The number of carbonyl (C=O) groups excluding carboxylic acids is 1. The van der Waals surface area contributed by atoms with E-state index in [0.29, 0.717) is 6.04 Å². The van der Waals surface area contributed by atoms with Crippen molar-refractivity contribution in [2.24, 2.45) is 0 Å². The first-order valence-corrected chi connectivity index (χ1v) is 4.88. The molecule has 0 aliphatic heterocycles. The molecule has 2 unspecified atom stereocenters. The summed E-state index contributed by atoms with van der Waals surface area (Å²) in [5.74, 6) is 0. The summed E-state index contributed by atoms with van der Waals surface area (Å²) in [5.41, 5.74) is 0. The molecule has 2 nitrogen and oxygen atoms in total. The van der Waals surface area contributed by atoms with Gasteiger partial charge in [-0.2, -0.15) is 0 Å². The van der Waals surface area contributed by atoms with E-state index in [2.05, 4.69) is 25.7 Å². The van der Waals surface area contributed by atoms with Crippen LogP contribution in [0, 0.1) is 0 Å². The van der Waals surface area contributed by atoms with Gasteiger partial charge in [0.05, 0.1) is 6.04 Å². The van der Waals surface area contributed by atoms with Crippen LogP contribution in [0.5, 0.6) is 0 Å². The summed E-state index contributed by atoms with van der Waals surface area (Å²) < 4.78 is 0. The summed E-state index contributed by atoms with van der Waals surface area (Å²) >= 11 is 0. The Morgan fingerprint density at radius 1 is 1.33 bits per heavy atom. The van der Waals surface area contributed by atoms with Gasteiger partial charge in [0.25, 0.3) is 0 Å². The second kappa shape index (κ2) is 6.18. The standard InChI is InChI=1S/C10H21NO/c1-5-7-11(9(3)6-2)10(4)8-12/h8-10H,5-7H2,1-4H3. The highest BCUT2D eigenvalue weighted by Gasteiger charge is 2.16. The molecule has 0 aromatic rings. The van der Waals surface area contributed by atoms with Gasteiger partial charge >= 0.3 is 0 Å². The third-order valence-electron chi connectivity index (χ3n) is 2.36. The number of hydrogen-bond acceptors (Lipinski definition) is 2. The average molecular weight is 171 g/mol. The predicted octanol–water partition coefficient (Wildman–Crippen LogP) is 2.08. The maximum Gasteiger partial charge on any atom is 0.136 e. The normalized spacial score (nSPS) is 16.1. The quantitative estimate of drug-likeness (QED) is 0.570. The molecule has 0 rings (SSSR count). The van der Waals surface area contributed by atoms with E-state index >= 15 is 0 Å². The lowest BCUT2D eigenvalue weighted by molar-refractivity contribution is -0.112. The monoisotopic (exact) mass is 171 g/mol. The Labute approximate surface area is 75.9 Å². The fourth-order valence-corrected chi connectivity index (χ4v) is 1.40. The fraction of sp³-hybridized carbons (Fsp3) is 0.900. The van der Waals surface area contributed by atoms with Gasteiger partial charge in [0.2, 0.25) is 0 Å². The van der Waals surface area contributed by atoms with Crippen molar-refractivity contribution < 1.29 is 4.79 Å². The summed E-state index contributed by atoms with van der Waals surface area (Å²) in [4.78, 5) is 12.9. The molecule has 2 heteroatoms. The third-order valence-corrected chi connectivity index (χ3v) is 2.36. The van der Waals surface area contributed by atoms with Crippen LogP contribution < -0.4 is 0 Å². The minimum absolute atomic E-state index is 0.0694. The molecule has 72 valence electrons. The van der Waals surface area contributed by atoms with E-state index in [1.165, 1.54) is 0 Å². The molecular formula is C10H21NO. The number of rotatable bonds is 6. The van der Waals surface area contributed by atoms with E-state index in [1.54, 1.807) is 0 Å². The SMILES string of the molecule is CCCN(C(C)C=O)C(C)CC. The number of aldehydes is 1. The lowest BCUT2D eigenvalue weighted by Gasteiger charge is -2.30. The molecule has 0 aromatic heterocycles. The lowest BCUT2D eigenvalue weighted by atomic mass is 10.1. The minimum Gasteiger partial charge on any atom is -0.302 e. The maximum absolute atomic E-state index is 10.6. The van der Waals surface area contributed by atoms with Crippen molar-refractivity contribution in [1.82, 2.24) is 4.90 Å². The molecule has 0 saturated carbocycles. The minimum atomic E-state index is 0.0694. The third kappa shape index (κ3) is 3.35. The van der Waals surface area contributed by atoms with Gasteiger partial charge in [-0.3, -0.25) is 4.90 Å². The Hall–Kier alpha value is -0.370. The van der Waals surface area contributed by atoms with E-state index in [0.717, 1.165) is 25.7 Å². The molecule has 0 aliphatic carbocycles. The molecule has 0 N–H and O–H groups in total. The van der Waals surface area contributed by atoms with Gasteiger partial charge in [0, 0.05) is 6.04 Å². The van der Waals surface area contributed by atoms with Crippen molar-refractivity contribution in [2.75, 3.05) is 6.54 Å². The van der Waals surface area contributed by atoms with Crippen molar-refractivity contribution in [3.8, 4) is 0 Å². The first kappa shape index (κ1) is 11.6. The zero-order valence-electron chi connectivity index (χ0n) is 8.71. The van der Waals surface area contributed by atoms with Crippen LogP contribution in [0.1, 0.15) is 40.5 Å². The molecule has 0 amide bonds. The first-order chi connectivity index (χ1) is 5.67. The zero-order valence-corrected chi connectivity index (χ0v) is 8.71. The smallest absolute Gasteiger partial charge is 0.136 e. The Bertz CT molecular complexity index is 125. The maximum atomic E-state index is 10.6. The molecule has 0 fully saturated rings. The lowest BCUT2D eigenvalue weighted by Crippen LogP contribution is -2.41. The Morgan fingerprint density at radius 3 is 2.25 bits per heavy atom. The molecule has 0 radical (unpaired) electrons. The highest BCUT2D eigenvalue weighted by molar-refractivity contribution is 5.56. The topological polar surface area (TPSA) is 20.3 Å². The van der Waals surface area contributed by atoms with Crippen LogP contribution in [-0.2, 0) is 4.79 Å². The Balaban J connectivity index is 4.10. The van der Waals surface area contributed by atoms with Crippen LogP contribution in [0.3, 0.4) is 0 Å². The highest BCUT2D eigenvalue weighted by Crippen LogP contribution is 2.07. The van der Waals surface area contributed by atoms with Gasteiger partial charge in [-0.15, -0.1) is 0 Å². The van der Waals surface area contributed by atoms with Crippen LogP contribution in [-0.4, -0.2) is 29.8 Å². The highest BCUT2D eigenvalue weighted by atomic mass is 16.1. The molecule has 0 aromatic carbocycles. The van der Waals surface area contributed by atoms with E-state index < -0.39 is 0 Å². The molecule has 12 heavy (non-hydrogen) atoms. The van der Waals surface area contributed by atoms with E-state index in [1.807, 2.05) is 6.92 Å². The van der Waals surface area contributed by atoms with Crippen LogP contribution in [0.2, 0.25) is 0 Å². The molecule has 0 aliphatic rings. The summed E-state index contributed by atoms with van der Waals surface area (Å²) in [6, 6.07) is 0.588. The number of nitrogens with zero attached hydrogens (tertiary/aromatic N) is 1. The Morgan fingerprint density at radius 2 is 1.92 bits per heavy atom. The van der Waals surface area contributed by atoms with Crippen molar-refractivity contribution in [3.05, 3.63) is 0 Å². The first-order valence-electron chi connectivity index (χ1n) is 4.88. The van der Waals surface area contributed by atoms with E-state index in [4.69, 9.17) is 0 Å². The zero-order chi connectivity index (χ0) is 9.56. The second-order valence-corrected chi connectivity index (χ2v) is 3.37. The number of carbonyl (C=O) groups is 1. The van der Waals surface area contributed by atoms with Crippen LogP contribution in [0.15, 0.2) is 0 Å². The molecule has 0 spiro atoms. The second-order valence-electron chi connectivity index (χ2n) is 3.37. The summed E-state index contributed by atoms with van der Waals surface area (Å²) in [7, 11) is 0. The fourth-order valence-electron chi connectivity index (χ4n) is 1.40. The predicted molar refractivity (Wildman–Crippen MR) is 52.3 cm³/mol. The molecule has 2 atom stereocenters. The molecule has 0 saturated heterocycles. The van der Waals surface area contributed by atoms with Gasteiger partial charge in [0.15, 0.2) is 0 Å². The molecule has 0 bridgehead atoms. The van der Waals surface area contributed by atoms with Crippen molar-refractivity contribution in [3.63, 3.8) is 0 Å².